The summed E-state index contributed by atoms with van der Waals surface area (Å²) in [5.74, 6) is -0.0302. The fraction of sp³-hybridized carbons (Fsp3) is 0.333. The van der Waals surface area contributed by atoms with Crippen molar-refractivity contribution in [1.29, 1.82) is 0 Å². The van der Waals surface area contributed by atoms with Crippen LogP contribution in [-0.4, -0.2) is 39.9 Å². The fourth-order valence-corrected chi connectivity index (χ4v) is 3.75. The Morgan fingerprint density at radius 1 is 1.27 bits per heavy atom. The second-order valence-corrected chi connectivity index (χ2v) is 6.90. The standard InChI is InChI=1S/C21H24N4O/c1-2-18(25-10-9-15-5-3-4-6-17(15)13-25)12-22-21(26)16-7-8-19-20(11-16)24-14-23-19/h3-8,11,14,18H,2,9-10,12-13H2,1H3,(H,22,26)(H,23,24). The monoisotopic (exact) mass is 348 g/mol. The smallest absolute Gasteiger partial charge is 0.251 e. The minimum atomic E-state index is -0.0302. The molecule has 134 valence electrons. The zero-order valence-corrected chi connectivity index (χ0v) is 15.0. The molecule has 5 heteroatoms. The van der Waals surface area contributed by atoms with Crippen LogP contribution in [0.1, 0.15) is 34.8 Å². The molecule has 0 saturated carbocycles. The topological polar surface area (TPSA) is 61.0 Å². The van der Waals surface area contributed by atoms with Crippen molar-refractivity contribution in [1.82, 2.24) is 20.2 Å². The Labute approximate surface area is 153 Å². The van der Waals surface area contributed by atoms with Gasteiger partial charge in [0.2, 0.25) is 0 Å². The summed E-state index contributed by atoms with van der Waals surface area (Å²) in [6.45, 7) is 4.86. The molecule has 1 aromatic heterocycles. The number of hydrogen-bond acceptors (Lipinski definition) is 3. The van der Waals surface area contributed by atoms with E-state index in [-0.39, 0.29) is 5.91 Å². The summed E-state index contributed by atoms with van der Waals surface area (Å²) in [5.41, 5.74) is 5.29. The first-order chi connectivity index (χ1) is 12.7. The highest BCUT2D eigenvalue weighted by molar-refractivity contribution is 5.97. The normalized spacial score (nSPS) is 15.6. The molecule has 3 aromatic rings. The molecule has 0 spiro atoms. The predicted molar refractivity (Wildman–Crippen MR) is 103 cm³/mol. The Kier molecular flexibility index (Phi) is 4.71. The fourth-order valence-electron chi connectivity index (χ4n) is 3.75. The molecule has 2 heterocycles. The van der Waals surface area contributed by atoms with E-state index >= 15 is 0 Å². The van der Waals surface area contributed by atoms with E-state index in [0.717, 1.165) is 37.0 Å². The first-order valence-electron chi connectivity index (χ1n) is 9.26. The molecule has 1 unspecified atom stereocenters. The van der Waals surface area contributed by atoms with E-state index in [9.17, 15) is 4.79 Å². The van der Waals surface area contributed by atoms with Gasteiger partial charge < -0.3 is 10.3 Å². The van der Waals surface area contributed by atoms with Crippen LogP contribution in [-0.2, 0) is 13.0 Å². The molecule has 0 radical (unpaired) electrons. The molecular formula is C21H24N4O. The number of amides is 1. The van der Waals surface area contributed by atoms with Crippen LogP contribution in [0.2, 0.25) is 0 Å². The predicted octanol–water partition coefficient (Wildman–Crippen LogP) is 3.13. The summed E-state index contributed by atoms with van der Waals surface area (Å²) in [6.07, 6.45) is 3.74. The lowest BCUT2D eigenvalue weighted by molar-refractivity contribution is 0.0926. The number of carbonyl (C=O) groups excluding carboxylic acids is 1. The van der Waals surface area contributed by atoms with Crippen molar-refractivity contribution in [3.05, 3.63) is 65.5 Å². The number of nitrogens with one attached hydrogen (secondary N) is 2. The molecule has 0 aliphatic carbocycles. The number of aromatic nitrogens is 2. The highest BCUT2D eigenvalue weighted by Gasteiger charge is 2.22. The number of carbonyl (C=O) groups is 1. The van der Waals surface area contributed by atoms with E-state index in [2.05, 4.69) is 51.4 Å². The van der Waals surface area contributed by atoms with Gasteiger partial charge in [-0.05, 0) is 42.2 Å². The van der Waals surface area contributed by atoms with Gasteiger partial charge in [0.05, 0.1) is 17.4 Å². The molecule has 26 heavy (non-hydrogen) atoms. The second-order valence-electron chi connectivity index (χ2n) is 6.90. The van der Waals surface area contributed by atoms with Crippen LogP contribution in [0, 0.1) is 0 Å². The Morgan fingerprint density at radius 3 is 2.96 bits per heavy atom. The first kappa shape index (κ1) is 16.8. The average molecular weight is 348 g/mol. The number of hydrogen-bond donors (Lipinski definition) is 2. The molecule has 1 atom stereocenters. The van der Waals surface area contributed by atoms with Gasteiger partial charge in [-0.25, -0.2) is 4.98 Å². The summed E-state index contributed by atoms with van der Waals surface area (Å²) in [5, 5.41) is 3.11. The number of H-pyrrole nitrogens is 1. The lowest BCUT2D eigenvalue weighted by Gasteiger charge is -2.35. The maximum Gasteiger partial charge on any atom is 0.251 e. The Balaban J connectivity index is 1.40. The van der Waals surface area contributed by atoms with Crippen LogP contribution in [0.3, 0.4) is 0 Å². The quantitative estimate of drug-likeness (QED) is 0.745. The highest BCUT2D eigenvalue weighted by atomic mass is 16.1. The van der Waals surface area contributed by atoms with Gasteiger partial charge in [-0.1, -0.05) is 31.2 Å². The zero-order chi connectivity index (χ0) is 17.9. The van der Waals surface area contributed by atoms with E-state index < -0.39 is 0 Å². The lowest BCUT2D eigenvalue weighted by atomic mass is 9.98. The van der Waals surface area contributed by atoms with Crippen molar-refractivity contribution in [2.24, 2.45) is 0 Å². The molecule has 2 aromatic carbocycles. The summed E-state index contributed by atoms with van der Waals surface area (Å²) in [6, 6.07) is 14.6. The van der Waals surface area contributed by atoms with Crippen molar-refractivity contribution in [2.45, 2.75) is 32.4 Å². The molecule has 0 bridgehead atoms. The number of fused-ring (bicyclic) bond motifs is 2. The first-order valence-corrected chi connectivity index (χ1v) is 9.26. The van der Waals surface area contributed by atoms with Crippen LogP contribution in [0.25, 0.3) is 11.0 Å². The molecule has 0 saturated heterocycles. The number of rotatable bonds is 5. The van der Waals surface area contributed by atoms with Gasteiger partial charge in [0.1, 0.15) is 0 Å². The molecule has 4 rings (SSSR count). The lowest BCUT2D eigenvalue weighted by Crippen LogP contribution is -2.45. The second kappa shape index (κ2) is 7.30. The minimum absolute atomic E-state index is 0.0302. The molecule has 5 nitrogen and oxygen atoms in total. The molecule has 1 amide bonds. The Hall–Kier alpha value is -2.66. The van der Waals surface area contributed by atoms with Gasteiger partial charge in [0, 0.05) is 31.2 Å². The zero-order valence-electron chi connectivity index (χ0n) is 15.0. The van der Waals surface area contributed by atoms with Crippen LogP contribution >= 0.6 is 0 Å². The van der Waals surface area contributed by atoms with Crippen molar-refractivity contribution in [3.63, 3.8) is 0 Å². The SMILES string of the molecule is CCC(CNC(=O)c1ccc2nc[nH]c2c1)N1CCc2ccccc2C1. The number of imidazole rings is 1. The average Bonchev–Trinajstić information content (AvgIpc) is 3.16. The third-order valence-electron chi connectivity index (χ3n) is 5.33. The molecule has 0 fully saturated rings. The van der Waals surface area contributed by atoms with Gasteiger partial charge in [0.25, 0.3) is 5.91 Å². The van der Waals surface area contributed by atoms with Gasteiger partial charge in [-0.15, -0.1) is 0 Å². The number of benzene rings is 2. The third-order valence-corrected chi connectivity index (χ3v) is 5.33. The van der Waals surface area contributed by atoms with E-state index in [4.69, 9.17) is 0 Å². The molecular weight excluding hydrogens is 324 g/mol. The summed E-state index contributed by atoms with van der Waals surface area (Å²) < 4.78 is 0. The molecule has 2 N–H and O–H groups in total. The number of aromatic amines is 1. The third kappa shape index (κ3) is 3.35. The number of nitrogens with zero attached hydrogens (tertiary/aromatic N) is 2. The van der Waals surface area contributed by atoms with Crippen molar-refractivity contribution >= 4 is 16.9 Å². The van der Waals surface area contributed by atoms with Crippen LogP contribution < -0.4 is 5.32 Å². The van der Waals surface area contributed by atoms with Gasteiger partial charge in [-0.3, -0.25) is 9.69 Å². The maximum absolute atomic E-state index is 12.5. The molecule has 1 aliphatic rings. The van der Waals surface area contributed by atoms with E-state index in [1.54, 1.807) is 6.33 Å². The van der Waals surface area contributed by atoms with Crippen LogP contribution in [0.15, 0.2) is 48.8 Å². The van der Waals surface area contributed by atoms with Crippen molar-refractivity contribution < 1.29 is 4.79 Å². The Morgan fingerprint density at radius 2 is 2.12 bits per heavy atom. The van der Waals surface area contributed by atoms with E-state index in [1.165, 1.54) is 11.1 Å². The van der Waals surface area contributed by atoms with Gasteiger partial charge in [0.15, 0.2) is 0 Å². The highest BCUT2D eigenvalue weighted by Crippen LogP contribution is 2.21. The largest absolute Gasteiger partial charge is 0.350 e. The van der Waals surface area contributed by atoms with Gasteiger partial charge in [-0.2, -0.15) is 0 Å². The van der Waals surface area contributed by atoms with Crippen molar-refractivity contribution in [3.8, 4) is 0 Å². The van der Waals surface area contributed by atoms with Crippen LogP contribution in [0.5, 0.6) is 0 Å². The van der Waals surface area contributed by atoms with E-state index in [0.29, 0.717) is 18.2 Å². The van der Waals surface area contributed by atoms with Crippen LogP contribution in [0.4, 0.5) is 0 Å². The van der Waals surface area contributed by atoms with E-state index in [1.807, 2.05) is 18.2 Å². The van der Waals surface area contributed by atoms with Gasteiger partial charge >= 0.3 is 0 Å². The summed E-state index contributed by atoms with van der Waals surface area (Å²) in [7, 11) is 0. The molecule has 1 aliphatic heterocycles. The van der Waals surface area contributed by atoms with Crippen molar-refractivity contribution in [2.75, 3.05) is 13.1 Å². The summed E-state index contributed by atoms with van der Waals surface area (Å²) >= 11 is 0. The summed E-state index contributed by atoms with van der Waals surface area (Å²) in [4.78, 5) is 22.3. The Bertz CT molecular complexity index is 917. The minimum Gasteiger partial charge on any atom is -0.350 e. The maximum atomic E-state index is 12.5.